The number of rotatable bonds is 7. The van der Waals surface area contributed by atoms with Gasteiger partial charge in [-0.1, -0.05) is 26.2 Å². The zero-order valence-electron chi connectivity index (χ0n) is 13.3. The van der Waals surface area contributed by atoms with Crippen molar-refractivity contribution in [2.24, 2.45) is 16.8 Å². The molecule has 5 heteroatoms. The summed E-state index contributed by atoms with van der Waals surface area (Å²) in [4.78, 5) is 4.74. The highest BCUT2D eigenvalue weighted by Crippen LogP contribution is 2.29. The predicted octanol–water partition coefficient (Wildman–Crippen LogP) is 3.02. The molecule has 0 aromatic rings. The molecule has 1 saturated carbocycles. The molecular weight excluding hydrogens is 365 g/mol. The van der Waals surface area contributed by atoms with Crippen LogP contribution in [0.1, 0.15) is 46.0 Å². The molecule has 4 nitrogen and oxygen atoms in total. The summed E-state index contributed by atoms with van der Waals surface area (Å²) in [5.41, 5.74) is 0. The Morgan fingerprint density at radius 2 is 2.00 bits per heavy atom. The van der Waals surface area contributed by atoms with Crippen LogP contribution in [-0.4, -0.2) is 39.3 Å². The van der Waals surface area contributed by atoms with Gasteiger partial charge in [-0.05, 0) is 31.6 Å². The second kappa shape index (κ2) is 12.7. The number of halogens is 1. The lowest BCUT2D eigenvalue weighted by molar-refractivity contribution is 0.195. The summed E-state index contributed by atoms with van der Waals surface area (Å²) in [5, 5.41) is 6.68. The quantitative estimate of drug-likeness (QED) is 0.301. The zero-order valence-corrected chi connectivity index (χ0v) is 15.6. The Bertz CT molecular complexity index is 262. The fourth-order valence-electron chi connectivity index (χ4n) is 2.64. The van der Waals surface area contributed by atoms with Crippen molar-refractivity contribution in [3.05, 3.63) is 0 Å². The van der Waals surface area contributed by atoms with Crippen LogP contribution in [-0.2, 0) is 4.74 Å². The molecule has 1 rings (SSSR count). The van der Waals surface area contributed by atoms with Crippen molar-refractivity contribution >= 4 is 29.9 Å². The molecule has 0 bridgehead atoms. The Morgan fingerprint density at radius 3 is 2.65 bits per heavy atom. The van der Waals surface area contributed by atoms with Gasteiger partial charge in [-0.3, -0.25) is 4.99 Å². The van der Waals surface area contributed by atoms with Crippen LogP contribution in [0.15, 0.2) is 4.99 Å². The van der Waals surface area contributed by atoms with Gasteiger partial charge in [0.15, 0.2) is 5.96 Å². The number of nitrogens with zero attached hydrogens (tertiary/aromatic N) is 1. The maximum Gasteiger partial charge on any atom is 0.191 e. The minimum Gasteiger partial charge on any atom is -0.385 e. The van der Waals surface area contributed by atoms with Gasteiger partial charge in [0.2, 0.25) is 0 Å². The van der Waals surface area contributed by atoms with Gasteiger partial charge >= 0.3 is 0 Å². The summed E-state index contributed by atoms with van der Waals surface area (Å²) in [6, 6.07) is 0. The van der Waals surface area contributed by atoms with E-state index in [1.54, 1.807) is 7.11 Å². The van der Waals surface area contributed by atoms with Crippen LogP contribution in [0.25, 0.3) is 0 Å². The van der Waals surface area contributed by atoms with Crippen LogP contribution < -0.4 is 10.6 Å². The zero-order chi connectivity index (χ0) is 13.9. The molecule has 0 heterocycles. The smallest absolute Gasteiger partial charge is 0.191 e. The van der Waals surface area contributed by atoms with Crippen LogP contribution in [0.5, 0.6) is 0 Å². The minimum atomic E-state index is 0. The topological polar surface area (TPSA) is 45.7 Å². The van der Waals surface area contributed by atoms with Crippen molar-refractivity contribution in [3.8, 4) is 0 Å². The Hall–Kier alpha value is -0.0400. The number of hydrogen-bond donors (Lipinski definition) is 2. The Kier molecular flexibility index (Phi) is 12.7. The fraction of sp³-hybridized carbons (Fsp3) is 0.933. The fourth-order valence-corrected chi connectivity index (χ4v) is 2.64. The van der Waals surface area contributed by atoms with Crippen molar-refractivity contribution in [1.82, 2.24) is 10.6 Å². The molecule has 2 N–H and O–H groups in total. The minimum absolute atomic E-state index is 0. The summed E-state index contributed by atoms with van der Waals surface area (Å²) >= 11 is 0. The van der Waals surface area contributed by atoms with Gasteiger partial charge in [0.25, 0.3) is 0 Å². The number of methoxy groups -OCH3 is 1. The Morgan fingerprint density at radius 1 is 1.25 bits per heavy atom. The Balaban J connectivity index is 0.00000361. The van der Waals surface area contributed by atoms with Crippen LogP contribution >= 0.6 is 24.0 Å². The average molecular weight is 397 g/mol. The number of guanidine groups is 1. The van der Waals surface area contributed by atoms with Crippen molar-refractivity contribution in [2.45, 2.75) is 46.0 Å². The molecule has 0 radical (unpaired) electrons. The van der Waals surface area contributed by atoms with E-state index in [2.05, 4.69) is 24.5 Å². The molecular formula is C15H32IN3O. The standard InChI is InChI=1S/C15H31N3O.HI/c1-4-16-15(17-10-7-11-19-3)18-12-14-9-6-5-8-13(14)2;/h13-14H,4-12H2,1-3H3,(H2,16,17,18);1H. The van der Waals surface area contributed by atoms with E-state index < -0.39 is 0 Å². The van der Waals surface area contributed by atoms with Crippen molar-refractivity contribution in [3.63, 3.8) is 0 Å². The largest absolute Gasteiger partial charge is 0.385 e. The van der Waals surface area contributed by atoms with E-state index in [1.807, 2.05) is 0 Å². The van der Waals surface area contributed by atoms with Gasteiger partial charge in [0.05, 0.1) is 0 Å². The average Bonchev–Trinajstić information content (AvgIpc) is 2.42. The first-order valence-electron chi connectivity index (χ1n) is 7.79. The number of nitrogens with one attached hydrogen (secondary N) is 2. The highest BCUT2D eigenvalue weighted by atomic mass is 127. The molecule has 1 aliphatic rings. The number of hydrogen-bond acceptors (Lipinski definition) is 2. The molecule has 1 fully saturated rings. The normalized spacial score (nSPS) is 23.1. The lowest BCUT2D eigenvalue weighted by Crippen LogP contribution is -2.38. The maximum atomic E-state index is 5.05. The van der Waals surface area contributed by atoms with E-state index >= 15 is 0 Å². The second-order valence-corrected chi connectivity index (χ2v) is 5.51. The summed E-state index contributed by atoms with van der Waals surface area (Å²) in [6.07, 6.45) is 6.51. The van der Waals surface area contributed by atoms with Gasteiger partial charge < -0.3 is 15.4 Å². The predicted molar refractivity (Wildman–Crippen MR) is 97.0 cm³/mol. The first-order chi connectivity index (χ1) is 9.27. The van der Waals surface area contributed by atoms with Gasteiger partial charge in [-0.2, -0.15) is 0 Å². The molecule has 20 heavy (non-hydrogen) atoms. The molecule has 2 unspecified atom stereocenters. The van der Waals surface area contributed by atoms with E-state index in [0.29, 0.717) is 0 Å². The van der Waals surface area contributed by atoms with Crippen LogP contribution in [0, 0.1) is 11.8 Å². The lowest BCUT2D eigenvalue weighted by atomic mass is 9.80. The third-order valence-electron chi connectivity index (χ3n) is 3.93. The van der Waals surface area contributed by atoms with Crippen LogP contribution in [0.4, 0.5) is 0 Å². The van der Waals surface area contributed by atoms with Crippen molar-refractivity contribution < 1.29 is 4.74 Å². The highest BCUT2D eigenvalue weighted by molar-refractivity contribution is 14.0. The lowest BCUT2D eigenvalue weighted by Gasteiger charge is -2.27. The molecule has 0 spiro atoms. The highest BCUT2D eigenvalue weighted by Gasteiger charge is 2.20. The van der Waals surface area contributed by atoms with E-state index in [9.17, 15) is 0 Å². The van der Waals surface area contributed by atoms with Gasteiger partial charge in [-0.15, -0.1) is 24.0 Å². The molecule has 0 aliphatic heterocycles. The number of ether oxygens (including phenoxy) is 1. The monoisotopic (exact) mass is 397 g/mol. The molecule has 0 saturated heterocycles. The second-order valence-electron chi connectivity index (χ2n) is 5.51. The van der Waals surface area contributed by atoms with Gasteiger partial charge in [-0.25, -0.2) is 0 Å². The van der Waals surface area contributed by atoms with Crippen LogP contribution in [0.3, 0.4) is 0 Å². The summed E-state index contributed by atoms with van der Waals surface area (Å²) < 4.78 is 5.05. The molecule has 0 aromatic carbocycles. The van der Waals surface area contributed by atoms with Gasteiger partial charge in [0.1, 0.15) is 0 Å². The molecule has 2 atom stereocenters. The van der Waals surface area contributed by atoms with Gasteiger partial charge in [0, 0.05) is 33.4 Å². The van der Waals surface area contributed by atoms with Crippen molar-refractivity contribution in [1.29, 1.82) is 0 Å². The summed E-state index contributed by atoms with van der Waals surface area (Å²) in [7, 11) is 1.74. The molecule has 0 amide bonds. The summed E-state index contributed by atoms with van der Waals surface area (Å²) in [6.45, 7) is 8.07. The first-order valence-corrected chi connectivity index (χ1v) is 7.79. The molecule has 0 aromatic heterocycles. The van der Waals surface area contributed by atoms with E-state index in [0.717, 1.165) is 50.5 Å². The Labute approximate surface area is 141 Å². The van der Waals surface area contributed by atoms with Crippen LogP contribution in [0.2, 0.25) is 0 Å². The third-order valence-corrected chi connectivity index (χ3v) is 3.93. The number of aliphatic imine (C=N–C) groups is 1. The van der Waals surface area contributed by atoms with Crippen molar-refractivity contribution in [2.75, 3.05) is 33.4 Å². The van der Waals surface area contributed by atoms with E-state index in [1.165, 1.54) is 25.7 Å². The van der Waals surface area contributed by atoms with E-state index in [4.69, 9.17) is 9.73 Å². The maximum absolute atomic E-state index is 5.05. The third kappa shape index (κ3) is 8.29. The summed E-state index contributed by atoms with van der Waals surface area (Å²) in [5.74, 6) is 2.55. The first kappa shape index (κ1) is 20.0. The molecule has 1 aliphatic carbocycles. The van der Waals surface area contributed by atoms with E-state index in [-0.39, 0.29) is 24.0 Å². The SMILES string of the molecule is CCNC(=NCC1CCCCC1C)NCCCOC.I. The molecule has 120 valence electrons.